The standard InChI is InChI=1S/C13H26N2O2.ClH/c1-4-13(5-2,6-3)15-12(16)9-11-10-17-8-7-14-11;/h11,14H,4-10H2,1-3H3,(H,15,16);1H. The maximum Gasteiger partial charge on any atom is 0.222 e. The number of halogens is 1. The van der Waals surface area contributed by atoms with E-state index < -0.39 is 0 Å². The molecule has 108 valence electrons. The van der Waals surface area contributed by atoms with Crippen LogP contribution < -0.4 is 10.6 Å². The second-order valence-corrected chi connectivity index (χ2v) is 4.82. The monoisotopic (exact) mass is 278 g/mol. The molecule has 0 aromatic carbocycles. The average Bonchev–Trinajstić information content (AvgIpc) is 2.37. The van der Waals surface area contributed by atoms with Gasteiger partial charge in [-0.1, -0.05) is 20.8 Å². The van der Waals surface area contributed by atoms with Crippen LogP contribution in [-0.4, -0.2) is 37.2 Å². The van der Waals surface area contributed by atoms with Crippen LogP contribution in [0.5, 0.6) is 0 Å². The zero-order chi connectivity index (χ0) is 12.7. The molecule has 0 aromatic heterocycles. The molecule has 0 bridgehead atoms. The zero-order valence-electron chi connectivity index (χ0n) is 11.8. The van der Waals surface area contributed by atoms with Crippen molar-refractivity contribution in [2.75, 3.05) is 19.8 Å². The Morgan fingerprint density at radius 3 is 2.39 bits per heavy atom. The van der Waals surface area contributed by atoms with Crippen molar-refractivity contribution in [2.45, 2.75) is 58.0 Å². The van der Waals surface area contributed by atoms with E-state index in [1.807, 2.05) is 0 Å². The molecule has 0 radical (unpaired) electrons. The molecular weight excluding hydrogens is 252 g/mol. The third kappa shape index (κ3) is 5.12. The van der Waals surface area contributed by atoms with Crippen molar-refractivity contribution in [3.63, 3.8) is 0 Å². The first-order valence-electron chi connectivity index (χ1n) is 6.78. The van der Waals surface area contributed by atoms with Crippen LogP contribution in [0.1, 0.15) is 46.5 Å². The van der Waals surface area contributed by atoms with Gasteiger partial charge in [0.25, 0.3) is 0 Å². The fourth-order valence-corrected chi connectivity index (χ4v) is 2.34. The quantitative estimate of drug-likeness (QED) is 0.780. The molecule has 1 aliphatic heterocycles. The molecule has 0 aliphatic carbocycles. The third-order valence-corrected chi connectivity index (χ3v) is 3.87. The van der Waals surface area contributed by atoms with Gasteiger partial charge in [-0.2, -0.15) is 0 Å². The highest BCUT2D eigenvalue weighted by Gasteiger charge is 2.27. The second kappa shape index (κ2) is 8.73. The predicted octanol–water partition coefficient (Wildman–Crippen LogP) is 1.87. The molecule has 5 heteroatoms. The van der Waals surface area contributed by atoms with E-state index in [0.29, 0.717) is 13.0 Å². The molecule has 1 amide bonds. The topological polar surface area (TPSA) is 50.4 Å². The zero-order valence-corrected chi connectivity index (χ0v) is 12.6. The van der Waals surface area contributed by atoms with Crippen molar-refractivity contribution >= 4 is 18.3 Å². The first-order valence-corrected chi connectivity index (χ1v) is 6.78. The lowest BCUT2D eigenvalue weighted by Crippen LogP contribution is -2.50. The summed E-state index contributed by atoms with van der Waals surface area (Å²) >= 11 is 0. The molecule has 1 fully saturated rings. The molecule has 1 atom stereocenters. The summed E-state index contributed by atoms with van der Waals surface area (Å²) in [7, 11) is 0. The van der Waals surface area contributed by atoms with Crippen molar-refractivity contribution in [2.24, 2.45) is 0 Å². The van der Waals surface area contributed by atoms with Gasteiger partial charge < -0.3 is 15.4 Å². The highest BCUT2D eigenvalue weighted by atomic mass is 35.5. The van der Waals surface area contributed by atoms with Crippen molar-refractivity contribution in [1.29, 1.82) is 0 Å². The summed E-state index contributed by atoms with van der Waals surface area (Å²) in [4.78, 5) is 12.0. The summed E-state index contributed by atoms with van der Waals surface area (Å²) in [6.07, 6.45) is 3.47. The maximum atomic E-state index is 12.0. The number of ether oxygens (including phenoxy) is 1. The van der Waals surface area contributed by atoms with Gasteiger partial charge in [0.15, 0.2) is 0 Å². The molecule has 4 nitrogen and oxygen atoms in total. The minimum atomic E-state index is -0.0212. The van der Waals surface area contributed by atoms with E-state index in [4.69, 9.17) is 4.74 Å². The van der Waals surface area contributed by atoms with Crippen LogP contribution >= 0.6 is 12.4 Å². The molecule has 1 saturated heterocycles. The Kier molecular flexibility index (Phi) is 8.57. The van der Waals surface area contributed by atoms with Crippen molar-refractivity contribution < 1.29 is 9.53 Å². The fraction of sp³-hybridized carbons (Fsp3) is 0.923. The lowest BCUT2D eigenvalue weighted by atomic mass is 9.89. The summed E-state index contributed by atoms with van der Waals surface area (Å²) < 4.78 is 5.35. The molecule has 1 rings (SSSR count). The van der Waals surface area contributed by atoms with E-state index in [1.54, 1.807) is 0 Å². The lowest BCUT2D eigenvalue weighted by molar-refractivity contribution is -0.124. The number of carbonyl (C=O) groups is 1. The normalized spacial score (nSPS) is 20.1. The number of nitrogens with one attached hydrogen (secondary N) is 2. The van der Waals surface area contributed by atoms with Crippen molar-refractivity contribution in [1.82, 2.24) is 10.6 Å². The second-order valence-electron chi connectivity index (χ2n) is 4.82. The smallest absolute Gasteiger partial charge is 0.222 e. The van der Waals surface area contributed by atoms with Gasteiger partial charge in [-0.05, 0) is 19.3 Å². The minimum Gasteiger partial charge on any atom is -0.378 e. The molecule has 0 aromatic rings. The fourth-order valence-electron chi connectivity index (χ4n) is 2.34. The van der Waals surface area contributed by atoms with E-state index in [0.717, 1.165) is 32.4 Å². The summed E-state index contributed by atoms with van der Waals surface area (Å²) in [6.45, 7) is 8.64. The van der Waals surface area contributed by atoms with Crippen LogP contribution in [0.4, 0.5) is 0 Å². The van der Waals surface area contributed by atoms with Gasteiger partial charge in [-0.3, -0.25) is 4.79 Å². The number of carbonyl (C=O) groups excluding carboxylic acids is 1. The molecular formula is C13H27ClN2O2. The van der Waals surface area contributed by atoms with Gasteiger partial charge in [-0.25, -0.2) is 0 Å². The molecule has 2 N–H and O–H groups in total. The summed E-state index contributed by atoms with van der Waals surface area (Å²) in [5, 5.41) is 6.50. The highest BCUT2D eigenvalue weighted by Crippen LogP contribution is 2.19. The van der Waals surface area contributed by atoms with Crippen LogP contribution in [0.3, 0.4) is 0 Å². The SMILES string of the molecule is CCC(CC)(CC)NC(=O)CC1COCCN1.Cl. The summed E-state index contributed by atoms with van der Waals surface area (Å²) in [5.74, 6) is 0.138. The Morgan fingerprint density at radius 2 is 1.94 bits per heavy atom. The summed E-state index contributed by atoms with van der Waals surface area (Å²) in [5.41, 5.74) is -0.0212. The van der Waals surface area contributed by atoms with E-state index in [1.165, 1.54) is 0 Å². The number of amides is 1. The molecule has 1 heterocycles. The van der Waals surface area contributed by atoms with E-state index in [9.17, 15) is 4.79 Å². The molecule has 0 spiro atoms. The highest BCUT2D eigenvalue weighted by molar-refractivity contribution is 5.85. The van der Waals surface area contributed by atoms with Gasteiger partial charge in [0, 0.05) is 24.5 Å². The Balaban J connectivity index is 0.00000289. The Morgan fingerprint density at radius 1 is 1.33 bits per heavy atom. The minimum absolute atomic E-state index is 0. The predicted molar refractivity (Wildman–Crippen MR) is 76.2 cm³/mol. The van der Waals surface area contributed by atoms with Crippen LogP contribution in [0.15, 0.2) is 0 Å². The third-order valence-electron chi connectivity index (χ3n) is 3.87. The van der Waals surface area contributed by atoms with E-state index in [-0.39, 0.29) is 29.9 Å². The molecule has 18 heavy (non-hydrogen) atoms. The van der Waals surface area contributed by atoms with Crippen LogP contribution in [0, 0.1) is 0 Å². The van der Waals surface area contributed by atoms with Gasteiger partial charge in [0.1, 0.15) is 0 Å². The van der Waals surface area contributed by atoms with Crippen molar-refractivity contribution in [3.8, 4) is 0 Å². The van der Waals surface area contributed by atoms with Gasteiger partial charge in [-0.15, -0.1) is 12.4 Å². The number of hydrogen-bond donors (Lipinski definition) is 2. The van der Waals surface area contributed by atoms with Crippen LogP contribution in [-0.2, 0) is 9.53 Å². The molecule has 1 aliphatic rings. The number of hydrogen-bond acceptors (Lipinski definition) is 3. The first-order chi connectivity index (χ1) is 8.15. The van der Waals surface area contributed by atoms with E-state index >= 15 is 0 Å². The number of rotatable bonds is 6. The van der Waals surface area contributed by atoms with E-state index in [2.05, 4.69) is 31.4 Å². The van der Waals surface area contributed by atoms with Crippen molar-refractivity contribution in [3.05, 3.63) is 0 Å². The van der Waals surface area contributed by atoms with Gasteiger partial charge in [0.05, 0.1) is 13.2 Å². The summed E-state index contributed by atoms with van der Waals surface area (Å²) in [6, 6.07) is 0.173. The first kappa shape index (κ1) is 17.7. The molecule has 0 saturated carbocycles. The van der Waals surface area contributed by atoms with Gasteiger partial charge in [0.2, 0.25) is 5.91 Å². The number of morpholine rings is 1. The van der Waals surface area contributed by atoms with Crippen LogP contribution in [0.25, 0.3) is 0 Å². The Labute approximate surface area is 117 Å². The Bertz CT molecular complexity index is 231. The lowest BCUT2D eigenvalue weighted by Gasteiger charge is -2.33. The van der Waals surface area contributed by atoms with Gasteiger partial charge >= 0.3 is 0 Å². The Hall–Kier alpha value is -0.320. The maximum absolute atomic E-state index is 12.0. The van der Waals surface area contributed by atoms with Crippen LogP contribution in [0.2, 0.25) is 0 Å². The average molecular weight is 279 g/mol. The largest absolute Gasteiger partial charge is 0.378 e. The molecule has 1 unspecified atom stereocenters.